The molecule has 19 heavy (non-hydrogen) atoms. The number of aryl methyl sites for hydroxylation is 1. The molecule has 0 bridgehead atoms. The van der Waals surface area contributed by atoms with Gasteiger partial charge in [-0.2, -0.15) is 0 Å². The van der Waals surface area contributed by atoms with Gasteiger partial charge in [-0.25, -0.2) is 0 Å². The molecule has 0 saturated heterocycles. The average Bonchev–Trinajstić information content (AvgIpc) is 2.86. The van der Waals surface area contributed by atoms with E-state index in [1.54, 1.807) is 13.0 Å². The molecule has 2 N–H and O–H groups in total. The lowest BCUT2D eigenvalue weighted by atomic mass is 9.76. The zero-order valence-corrected chi connectivity index (χ0v) is 11.6. The average molecular weight is 266 g/mol. The molecule has 0 unspecified atom stereocenters. The van der Waals surface area contributed by atoms with Crippen molar-refractivity contribution in [2.45, 2.75) is 51.5 Å². The van der Waals surface area contributed by atoms with Gasteiger partial charge in [-0.15, -0.1) is 0 Å². The molecular formula is C14H22N2O3. The summed E-state index contributed by atoms with van der Waals surface area (Å²) in [5, 5.41) is 16.3. The molecule has 1 aliphatic rings. The second kappa shape index (κ2) is 5.74. The van der Waals surface area contributed by atoms with Gasteiger partial charge >= 0.3 is 0 Å². The molecule has 1 aromatic heterocycles. The van der Waals surface area contributed by atoms with Crippen LogP contribution in [0, 0.1) is 12.8 Å². The normalized spacial score (nSPS) is 19.9. The fourth-order valence-electron chi connectivity index (χ4n) is 2.81. The highest BCUT2D eigenvalue weighted by Crippen LogP contribution is 2.32. The van der Waals surface area contributed by atoms with Crippen LogP contribution in [0.25, 0.3) is 0 Å². The molecule has 0 aliphatic heterocycles. The third-order valence-corrected chi connectivity index (χ3v) is 4.09. The highest BCUT2D eigenvalue weighted by atomic mass is 16.5. The summed E-state index contributed by atoms with van der Waals surface area (Å²) in [6, 6.07) is 1.61. The Hall–Kier alpha value is -1.36. The second-order valence-corrected chi connectivity index (χ2v) is 5.69. The Morgan fingerprint density at radius 3 is 2.74 bits per heavy atom. The molecular weight excluding hydrogens is 244 g/mol. The molecule has 1 saturated carbocycles. The number of aliphatic hydroxyl groups excluding tert-OH is 1. The molecule has 5 nitrogen and oxygen atoms in total. The molecule has 1 aliphatic carbocycles. The van der Waals surface area contributed by atoms with Crippen LogP contribution in [0.15, 0.2) is 10.6 Å². The first kappa shape index (κ1) is 14.1. The number of amides is 1. The number of rotatable bonds is 4. The van der Waals surface area contributed by atoms with E-state index in [0.29, 0.717) is 11.7 Å². The van der Waals surface area contributed by atoms with Crippen LogP contribution in [0.2, 0.25) is 0 Å². The minimum Gasteiger partial charge on any atom is -0.394 e. The van der Waals surface area contributed by atoms with Gasteiger partial charge in [0.2, 0.25) is 0 Å². The monoisotopic (exact) mass is 266 g/mol. The Balaban J connectivity index is 2.06. The summed E-state index contributed by atoms with van der Waals surface area (Å²) in [6.45, 7) is 3.60. The number of nitrogens with one attached hydrogen (secondary N) is 1. The third-order valence-electron chi connectivity index (χ3n) is 4.09. The smallest absolute Gasteiger partial charge is 0.273 e. The van der Waals surface area contributed by atoms with Gasteiger partial charge in [-0.1, -0.05) is 24.4 Å². The molecule has 0 radical (unpaired) electrons. The maximum Gasteiger partial charge on any atom is 0.273 e. The van der Waals surface area contributed by atoms with Crippen molar-refractivity contribution in [2.24, 2.45) is 5.92 Å². The van der Waals surface area contributed by atoms with Crippen molar-refractivity contribution in [1.29, 1.82) is 0 Å². The Kier molecular flexibility index (Phi) is 4.24. The van der Waals surface area contributed by atoms with Crippen LogP contribution >= 0.6 is 0 Å². The summed E-state index contributed by atoms with van der Waals surface area (Å²) in [7, 11) is 0. The zero-order chi connectivity index (χ0) is 13.9. The Labute approximate surface area is 113 Å². The molecule has 5 heteroatoms. The highest BCUT2D eigenvalue weighted by Gasteiger charge is 2.36. The van der Waals surface area contributed by atoms with Crippen LogP contribution in [0.4, 0.5) is 0 Å². The van der Waals surface area contributed by atoms with Gasteiger partial charge in [0.05, 0.1) is 12.1 Å². The van der Waals surface area contributed by atoms with E-state index in [1.807, 2.05) is 6.92 Å². The van der Waals surface area contributed by atoms with Crippen LogP contribution in [0.5, 0.6) is 0 Å². The molecule has 1 aromatic rings. The summed E-state index contributed by atoms with van der Waals surface area (Å²) in [5.41, 5.74) is -0.308. The van der Waals surface area contributed by atoms with Crippen molar-refractivity contribution >= 4 is 5.91 Å². The predicted octanol–water partition coefficient (Wildman–Crippen LogP) is 2.04. The van der Waals surface area contributed by atoms with E-state index < -0.39 is 5.54 Å². The molecule has 0 aromatic carbocycles. The summed E-state index contributed by atoms with van der Waals surface area (Å²) >= 11 is 0. The molecule has 1 atom stereocenters. The van der Waals surface area contributed by atoms with E-state index in [1.165, 1.54) is 19.3 Å². The topological polar surface area (TPSA) is 75.4 Å². The zero-order valence-electron chi connectivity index (χ0n) is 11.6. The summed E-state index contributed by atoms with van der Waals surface area (Å²) in [4.78, 5) is 12.1. The molecule has 1 heterocycles. The highest BCUT2D eigenvalue weighted by molar-refractivity contribution is 5.92. The lowest BCUT2D eigenvalue weighted by Gasteiger charge is -2.39. The van der Waals surface area contributed by atoms with E-state index >= 15 is 0 Å². The van der Waals surface area contributed by atoms with Crippen LogP contribution in [-0.2, 0) is 0 Å². The minimum atomic E-state index is -0.579. The molecule has 1 amide bonds. The van der Waals surface area contributed by atoms with E-state index in [-0.39, 0.29) is 18.2 Å². The van der Waals surface area contributed by atoms with Crippen molar-refractivity contribution in [3.8, 4) is 0 Å². The van der Waals surface area contributed by atoms with Gasteiger partial charge in [0.1, 0.15) is 5.76 Å². The quantitative estimate of drug-likeness (QED) is 0.874. The van der Waals surface area contributed by atoms with Crippen molar-refractivity contribution in [1.82, 2.24) is 10.5 Å². The van der Waals surface area contributed by atoms with Gasteiger partial charge in [0.15, 0.2) is 5.69 Å². The van der Waals surface area contributed by atoms with E-state index in [2.05, 4.69) is 10.5 Å². The van der Waals surface area contributed by atoms with Gasteiger partial charge in [0, 0.05) is 6.07 Å². The second-order valence-electron chi connectivity index (χ2n) is 5.69. The number of hydrogen-bond donors (Lipinski definition) is 2. The van der Waals surface area contributed by atoms with Crippen molar-refractivity contribution < 1.29 is 14.4 Å². The first-order chi connectivity index (χ1) is 9.05. The standard InChI is InChI=1S/C14H22N2O3/c1-10-8-12(16-19-10)13(18)15-14(2,9-17)11-6-4-3-5-7-11/h8,11,17H,3-7,9H2,1-2H3,(H,15,18)/t14-/m1/s1. The predicted molar refractivity (Wildman–Crippen MR) is 70.8 cm³/mol. The lowest BCUT2D eigenvalue weighted by molar-refractivity contribution is 0.0672. The fourth-order valence-corrected chi connectivity index (χ4v) is 2.81. The summed E-state index contributed by atoms with van der Waals surface area (Å²) < 4.78 is 4.91. The van der Waals surface area contributed by atoms with Crippen LogP contribution in [0.1, 0.15) is 55.3 Å². The Bertz CT molecular complexity index is 438. The summed E-state index contributed by atoms with van der Waals surface area (Å²) in [5.74, 6) is 0.649. The van der Waals surface area contributed by atoms with Gasteiger partial charge in [0.25, 0.3) is 5.91 Å². The first-order valence-electron chi connectivity index (χ1n) is 6.92. The van der Waals surface area contributed by atoms with E-state index in [4.69, 9.17) is 4.52 Å². The van der Waals surface area contributed by atoms with Gasteiger partial charge in [-0.3, -0.25) is 4.79 Å². The molecule has 2 rings (SSSR count). The largest absolute Gasteiger partial charge is 0.394 e. The van der Waals surface area contributed by atoms with Gasteiger partial charge < -0.3 is 14.9 Å². The fraction of sp³-hybridized carbons (Fsp3) is 0.714. The molecule has 106 valence electrons. The van der Waals surface area contributed by atoms with Gasteiger partial charge in [-0.05, 0) is 32.6 Å². The Morgan fingerprint density at radius 2 is 2.21 bits per heavy atom. The Morgan fingerprint density at radius 1 is 1.53 bits per heavy atom. The number of aromatic nitrogens is 1. The maximum atomic E-state index is 12.1. The van der Waals surface area contributed by atoms with E-state index in [9.17, 15) is 9.90 Å². The number of nitrogens with zero attached hydrogens (tertiary/aromatic N) is 1. The first-order valence-corrected chi connectivity index (χ1v) is 6.92. The summed E-state index contributed by atoms with van der Waals surface area (Å²) in [6.07, 6.45) is 5.68. The van der Waals surface area contributed by atoms with E-state index in [0.717, 1.165) is 12.8 Å². The van der Waals surface area contributed by atoms with Crippen molar-refractivity contribution in [2.75, 3.05) is 6.61 Å². The van der Waals surface area contributed by atoms with Crippen LogP contribution in [0.3, 0.4) is 0 Å². The number of carbonyl (C=O) groups excluding carboxylic acids is 1. The lowest BCUT2D eigenvalue weighted by Crippen LogP contribution is -2.54. The van der Waals surface area contributed by atoms with Crippen molar-refractivity contribution in [3.05, 3.63) is 17.5 Å². The molecule has 0 spiro atoms. The number of hydrogen-bond acceptors (Lipinski definition) is 4. The maximum absolute atomic E-state index is 12.1. The minimum absolute atomic E-state index is 0.0553. The molecule has 1 fully saturated rings. The third kappa shape index (κ3) is 3.15. The number of aliphatic hydroxyl groups is 1. The van der Waals surface area contributed by atoms with Crippen molar-refractivity contribution in [3.63, 3.8) is 0 Å². The number of carbonyl (C=O) groups is 1. The van der Waals surface area contributed by atoms with Crippen LogP contribution < -0.4 is 5.32 Å². The van der Waals surface area contributed by atoms with Crippen LogP contribution in [-0.4, -0.2) is 28.3 Å². The SMILES string of the molecule is Cc1cc(C(=O)N[C@](C)(CO)C2CCCCC2)no1.